The minimum absolute atomic E-state index is 0.106. The first kappa shape index (κ1) is 13.1. The predicted molar refractivity (Wildman–Crippen MR) is 44.1 cm³/mol. The number of hydrogen-bond acceptors (Lipinski definition) is 3. The Morgan fingerprint density at radius 3 is 2.14 bits per heavy atom. The Bertz CT molecular complexity index is 243. The van der Waals surface area contributed by atoms with Crippen LogP contribution in [0.1, 0.15) is 0 Å². The molecule has 0 fully saturated rings. The van der Waals surface area contributed by atoms with Crippen LogP contribution in [-0.4, -0.2) is 46.9 Å². The zero-order valence-corrected chi connectivity index (χ0v) is 7.97. The molecule has 0 aromatic rings. The largest absolute Gasteiger partial charge is 0.480 e. The van der Waals surface area contributed by atoms with Gasteiger partial charge in [0.05, 0.1) is 0 Å². The number of hydrogen-bond donors (Lipinski definition) is 2. The Balaban J connectivity index is 4.68. The molecule has 82 valence electrons. The summed E-state index contributed by atoms with van der Waals surface area (Å²) in [6, 6.07) is -1.58. The third kappa shape index (κ3) is 3.09. The fourth-order valence-corrected chi connectivity index (χ4v) is 1.11. The fourth-order valence-electron chi connectivity index (χ4n) is 0.708. The maximum Gasteiger partial charge on any atom is 0.471 e. The van der Waals surface area contributed by atoms with Gasteiger partial charge in [-0.3, -0.25) is 4.79 Å². The van der Waals surface area contributed by atoms with Gasteiger partial charge < -0.3 is 10.0 Å². The summed E-state index contributed by atoms with van der Waals surface area (Å²) in [7, 11) is 0.769. The molecule has 0 spiro atoms. The maximum atomic E-state index is 11.9. The number of carbonyl (C=O) groups is 2. The normalized spacial score (nSPS) is 13.5. The van der Waals surface area contributed by atoms with Crippen molar-refractivity contribution < 1.29 is 27.9 Å². The van der Waals surface area contributed by atoms with Crippen LogP contribution < -0.4 is 0 Å². The number of halogens is 3. The number of aliphatic carboxylic acids is 1. The zero-order valence-electron chi connectivity index (χ0n) is 7.08. The maximum absolute atomic E-state index is 11.9. The molecule has 0 aliphatic rings. The summed E-state index contributed by atoms with van der Waals surface area (Å²) in [6.45, 7) is 0. The van der Waals surface area contributed by atoms with Crippen molar-refractivity contribution in [3.63, 3.8) is 0 Å². The molecule has 1 atom stereocenters. The van der Waals surface area contributed by atoms with Crippen LogP contribution in [0.2, 0.25) is 0 Å². The Morgan fingerprint density at radius 1 is 1.50 bits per heavy atom. The van der Waals surface area contributed by atoms with E-state index in [-0.39, 0.29) is 10.7 Å². The summed E-state index contributed by atoms with van der Waals surface area (Å²) in [5, 5.41) is 8.45. The van der Waals surface area contributed by atoms with Gasteiger partial charge in [-0.05, 0) is 0 Å². The van der Waals surface area contributed by atoms with Crippen LogP contribution in [0.25, 0.3) is 0 Å². The van der Waals surface area contributed by atoms with Crippen LogP contribution in [0, 0.1) is 0 Å². The highest BCUT2D eigenvalue weighted by Crippen LogP contribution is 2.19. The van der Waals surface area contributed by atoms with Crippen LogP contribution in [0.15, 0.2) is 0 Å². The molecular formula is C6H8F3NO3S. The van der Waals surface area contributed by atoms with Crippen LogP contribution in [0.4, 0.5) is 13.2 Å². The van der Waals surface area contributed by atoms with Gasteiger partial charge in [-0.2, -0.15) is 25.8 Å². The van der Waals surface area contributed by atoms with Gasteiger partial charge in [-0.25, -0.2) is 4.79 Å². The molecule has 0 saturated heterocycles. The van der Waals surface area contributed by atoms with Gasteiger partial charge in [0.2, 0.25) is 0 Å². The molecule has 8 heteroatoms. The Hall–Kier alpha value is -0.920. The van der Waals surface area contributed by atoms with Gasteiger partial charge in [0, 0.05) is 12.8 Å². The lowest BCUT2D eigenvalue weighted by Crippen LogP contribution is -2.48. The third-order valence-corrected chi connectivity index (χ3v) is 1.83. The molecule has 0 rings (SSSR count). The fraction of sp³-hybridized carbons (Fsp3) is 0.667. The number of thiol groups is 1. The molecular weight excluding hydrogens is 223 g/mol. The van der Waals surface area contributed by atoms with E-state index >= 15 is 0 Å². The number of carboxylic acids is 1. The van der Waals surface area contributed by atoms with E-state index in [0.29, 0.717) is 0 Å². The molecule has 0 heterocycles. The standard InChI is InChI=1S/C6H8F3NO3S/c1-10(3(2-14)4(11)12)5(13)6(7,8)9/h3,14H,2H2,1H3,(H,11,12)/t3-/m0/s1. The highest BCUT2D eigenvalue weighted by atomic mass is 32.1. The molecule has 4 nitrogen and oxygen atoms in total. The summed E-state index contributed by atoms with van der Waals surface area (Å²) in [6.07, 6.45) is -5.06. The number of carboxylic acid groups (broad SMARTS) is 1. The van der Waals surface area contributed by atoms with E-state index in [1.54, 1.807) is 0 Å². The molecule has 0 radical (unpaired) electrons. The quantitative estimate of drug-likeness (QED) is 0.691. The molecule has 14 heavy (non-hydrogen) atoms. The molecule has 0 unspecified atom stereocenters. The van der Waals surface area contributed by atoms with Crippen molar-refractivity contribution in [2.75, 3.05) is 12.8 Å². The van der Waals surface area contributed by atoms with Crippen molar-refractivity contribution in [3.8, 4) is 0 Å². The number of amides is 1. The third-order valence-electron chi connectivity index (χ3n) is 1.49. The minimum atomic E-state index is -5.06. The van der Waals surface area contributed by atoms with E-state index < -0.39 is 24.1 Å². The van der Waals surface area contributed by atoms with Gasteiger partial charge in [-0.1, -0.05) is 0 Å². The van der Waals surface area contributed by atoms with Gasteiger partial charge in [-0.15, -0.1) is 0 Å². The number of rotatable bonds is 3. The van der Waals surface area contributed by atoms with Crippen molar-refractivity contribution in [1.29, 1.82) is 0 Å². The molecule has 1 amide bonds. The van der Waals surface area contributed by atoms with Crippen molar-refractivity contribution in [1.82, 2.24) is 4.90 Å². The van der Waals surface area contributed by atoms with Crippen molar-refractivity contribution >= 4 is 24.5 Å². The van der Waals surface area contributed by atoms with Crippen LogP contribution in [0.3, 0.4) is 0 Å². The van der Waals surface area contributed by atoms with Gasteiger partial charge >= 0.3 is 18.1 Å². The second-order valence-electron chi connectivity index (χ2n) is 2.45. The van der Waals surface area contributed by atoms with E-state index in [2.05, 4.69) is 12.6 Å². The van der Waals surface area contributed by atoms with Crippen LogP contribution in [0.5, 0.6) is 0 Å². The number of carbonyl (C=O) groups excluding carboxylic acids is 1. The topological polar surface area (TPSA) is 57.6 Å². The summed E-state index contributed by atoms with van der Waals surface area (Å²) in [4.78, 5) is 21.1. The smallest absolute Gasteiger partial charge is 0.471 e. The lowest BCUT2D eigenvalue weighted by Gasteiger charge is -2.23. The first-order valence-corrected chi connectivity index (χ1v) is 4.02. The Kier molecular flexibility index (Phi) is 4.24. The Labute approximate surface area is 83.1 Å². The molecule has 0 aliphatic heterocycles. The minimum Gasteiger partial charge on any atom is -0.480 e. The predicted octanol–water partition coefficient (Wildman–Crippen LogP) is 0.390. The van der Waals surface area contributed by atoms with Gasteiger partial charge in [0.25, 0.3) is 0 Å². The first-order valence-electron chi connectivity index (χ1n) is 3.39. The highest BCUT2D eigenvalue weighted by Gasteiger charge is 2.44. The van der Waals surface area contributed by atoms with Crippen LogP contribution >= 0.6 is 12.6 Å². The molecule has 1 N–H and O–H groups in total. The number of alkyl halides is 3. The average Bonchev–Trinajstić information content (AvgIpc) is 2.01. The molecule has 0 aromatic heterocycles. The summed E-state index contributed by atoms with van der Waals surface area (Å²) in [5.41, 5.74) is 0. The van der Waals surface area contributed by atoms with Crippen LogP contribution in [-0.2, 0) is 9.59 Å². The van der Waals surface area contributed by atoms with E-state index in [0.717, 1.165) is 7.05 Å². The lowest BCUT2D eigenvalue weighted by atomic mass is 10.3. The first-order chi connectivity index (χ1) is 6.21. The summed E-state index contributed by atoms with van der Waals surface area (Å²) in [5.74, 6) is -4.10. The van der Waals surface area contributed by atoms with Crippen molar-refractivity contribution in [2.24, 2.45) is 0 Å². The molecule has 0 bridgehead atoms. The number of likely N-dealkylation sites (N-methyl/N-ethyl adjacent to an activating group) is 1. The van der Waals surface area contributed by atoms with E-state index in [1.165, 1.54) is 0 Å². The molecule has 0 aromatic carbocycles. The summed E-state index contributed by atoms with van der Waals surface area (Å²) >= 11 is 3.54. The molecule has 0 saturated carbocycles. The van der Waals surface area contributed by atoms with E-state index in [9.17, 15) is 22.8 Å². The summed E-state index contributed by atoms with van der Waals surface area (Å²) < 4.78 is 35.6. The van der Waals surface area contributed by atoms with E-state index in [4.69, 9.17) is 5.11 Å². The second kappa shape index (κ2) is 4.54. The molecule has 0 aliphatic carbocycles. The Morgan fingerprint density at radius 2 is 1.93 bits per heavy atom. The second-order valence-corrected chi connectivity index (χ2v) is 2.82. The zero-order chi connectivity index (χ0) is 11.5. The SMILES string of the molecule is CN(C(=O)C(F)(F)F)[C@@H](CS)C(=O)O. The highest BCUT2D eigenvalue weighted by molar-refractivity contribution is 7.80. The number of nitrogens with zero attached hydrogens (tertiary/aromatic N) is 1. The average molecular weight is 231 g/mol. The monoisotopic (exact) mass is 231 g/mol. The van der Waals surface area contributed by atoms with E-state index in [1.807, 2.05) is 0 Å². The lowest BCUT2D eigenvalue weighted by molar-refractivity contribution is -0.187. The van der Waals surface area contributed by atoms with Crippen molar-refractivity contribution in [2.45, 2.75) is 12.2 Å². The van der Waals surface area contributed by atoms with Gasteiger partial charge in [0.1, 0.15) is 6.04 Å². The van der Waals surface area contributed by atoms with Crippen molar-refractivity contribution in [3.05, 3.63) is 0 Å². The van der Waals surface area contributed by atoms with Gasteiger partial charge in [0.15, 0.2) is 0 Å².